The number of carboxylic acids is 1. The van der Waals surface area contributed by atoms with Crippen molar-refractivity contribution in [3.63, 3.8) is 0 Å². The van der Waals surface area contributed by atoms with Gasteiger partial charge < -0.3 is 14.6 Å². The predicted octanol–water partition coefficient (Wildman–Crippen LogP) is 1.86. The molecule has 0 saturated carbocycles. The number of hydrogen-bond acceptors (Lipinski definition) is 5. The van der Waals surface area contributed by atoms with Crippen molar-refractivity contribution in [1.82, 2.24) is 4.98 Å². The number of ether oxygens (including phenoxy) is 1. The Labute approximate surface area is 218 Å². The first kappa shape index (κ1) is 26.4. The van der Waals surface area contributed by atoms with Crippen molar-refractivity contribution in [1.29, 1.82) is 0 Å². The molecule has 0 N–H and O–H groups in total. The molecule has 1 heterocycles. The smallest absolute Gasteiger partial charge is 0.545 e. The molecule has 3 aromatic rings. The van der Waals surface area contributed by atoms with E-state index >= 15 is 0 Å². The average molecular weight is 480 g/mol. The minimum atomic E-state index is -1.31. The molecule has 0 fully saturated rings. The number of rotatable bonds is 9. The van der Waals surface area contributed by atoms with Gasteiger partial charge in [-0.25, -0.2) is 9.37 Å². The van der Waals surface area contributed by atoms with E-state index in [1.807, 2.05) is 31.2 Å². The Hall–Kier alpha value is -1.83. The van der Waals surface area contributed by atoms with E-state index < -0.39 is 5.97 Å². The summed E-state index contributed by atoms with van der Waals surface area (Å²) in [4.78, 5) is 16.4. The Morgan fingerprint density at radius 2 is 1.94 bits per heavy atom. The van der Waals surface area contributed by atoms with Crippen molar-refractivity contribution < 1.29 is 48.6 Å². The Bertz CT molecular complexity index is 1070. The van der Waals surface area contributed by atoms with E-state index in [4.69, 9.17) is 16.3 Å². The summed E-state index contributed by atoms with van der Waals surface area (Å²) in [5, 5.41) is 11.5. The normalized spacial score (nSPS) is 10.7. The molecule has 160 valence electrons. The summed E-state index contributed by atoms with van der Waals surface area (Å²) >= 11 is 7.85. The first-order chi connectivity index (χ1) is 14.9. The van der Waals surface area contributed by atoms with Crippen LogP contribution in [0.4, 0.5) is 4.39 Å². The number of carbonyl (C=O) groups is 1. The van der Waals surface area contributed by atoms with Crippen LogP contribution in [0.2, 0.25) is 5.02 Å². The van der Waals surface area contributed by atoms with Crippen LogP contribution in [-0.4, -0.2) is 17.6 Å². The van der Waals surface area contributed by atoms with Crippen LogP contribution in [0.3, 0.4) is 0 Å². The number of carbonyl (C=O) groups excluding carboxylic acids is 1. The molecule has 4 nitrogen and oxygen atoms in total. The fourth-order valence-electron chi connectivity index (χ4n) is 2.85. The SMILES string of the molecule is Cc1cccc(Cl)c1SCc1ccc(OCCc2ccc(F)cc2)c(/C=C/C(=O)[O-])n1.[Na+]. The van der Waals surface area contributed by atoms with E-state index in [9.17, 15) is 14.3 Å². The summed E-state index contributed by atoms with van der Waals surface area (Å²) in [6.45, 7) is 2.33. The predicted molar refractivity (Wildman–Crippen MR) is 120 cm³/mol. The number of carboxylic acid groups (broad SMARTS) is 1. The molecule has 2 aromatic carbocycles. The Morgan fingerprint density at radius 1 is 1.19 bits per heavy atom. The van der Waals surface area contributed by atoms with Gasteiger partial charge in [0.25, 0.3) is 0 Å². The van der Waals surface area contributed by atoms with Gasteiger partial charge in [0.15, 0.2) is 0 Å². The number of pyridine rings is 1. The average Bonchev–Trinajstić information content (AvgIpc) is 2.74. The van der Waals surface area contributed by atoms with E-state index in [1.54, 1.807) is 30.0 Å². The zero-order valence-corrected chi connectivity index (χ0v) is 21.4. The molecule has 0 amide bonds. The third-order valence-corrected chi connectivity index (χ3v) is 6.11. The third kappa shape index (κ3) is 7.94. The third-order valence-electron chi connectivity index (χ3n) is 4.41. The Morgan fingerprint density at radius 3 is 2.62 bits per heavy atom. The Kier molecular flexibility index (Phi) is 10.7. The summed E-state index contributed by atoms with van der Waals surface area (Å²) < 4.78 is 18.8. The second-order valence-electron chi connectivity index (χ2n) is 6.74. The van der Waals surface area contributed by atoms with E-state index in [0.717, 1.165) is 27.8 Å². The van der Waals surface area contributed by atoms with Crippen LogP contribution in [0, 0.1) is 12.7 Å². The zero-order chi connectivity index (χ0) is 22.2. The van der Waals surface area contributed by atoms with E-state index in [-0.39, 0.29) is 35.4 Å². The molecule has 0 saturated heterocycles. The van der Waals surface area contributed by atoms with Crippen LogP contribution >= 0.6 is 23.4 Å². The number of hydrogen-bond donors (Lipinski definition) is 0. The fraction of sp³-hybridized carbons (Fsp3) is 0.167. The van der Waals surface area contributed by atoms with Crippen molar-refractivity contribution in [2.24, 2.45) is 0 Å². The molecule has 0 aliphatic heterocycles. The second kappa shape index (κ2) is 13.0. The number of aryl methyl sites for hydroxylation is 1. The number of nitrogens with zero attached hydrogens (tertiary/aromatic N) is 1. The summed E-state index contributed by atoms with van der Waals surface area (Å²) in [6, 6.07) is 15.5. The minimum absolute atomic E-state index is 0. The van der Waals surface area contributed by atoms with Crippen LogP contribution in [0.25, 0.3) is 6.08 Å². The molecule has 0 spiro atoms. The van der Waals surface area contributed by atoms with Gasteiger partial charge in [0.2, 0.25) is 0 Å². The van der Waals surface area contributed by atoms with Gasteiger partial charge in [-0.3, -0.25) is 0 Å². The molecular weight excluding hydrogens is 460 g/mol. The molecule has 32 heavy (non-hydrogen) atoms. The molecular formula is C24H20ClFNNaO3S. The van der Waals surface area contributed by atoms with Gasteiger partial charge in [-0.05, 0) is 60.5 Å². The van der Waals surface area contributed by atoms with E-state index in [0.29, 0.717) is 35.2 Å². The maximum atomic E-state index is 13.0. The van der Waals surface area contributed by atoms with Gasteiger partial charge in [-0.15, -0.1) is 11.8 Å². The van der Waals surface area contributed by atoms with Gasteiger partial charge in [-0.1, -0.05) is 35.9 Å². The topological polar surface area (TPSA) is 62.2 Å². The van der Waals surface area contributed by atoms with Crippen molar-refractivity contribution in [2.45, 2.75) is 24.0 Å². The summed E-state index contributed by atoms with van der Waals surface area (Å²) in [5.74, 6) is -0.580. The van der Waals surface area contributed by atoms with Crippen molar-refractivity contribution in [3.8, 4) is 5.75 Å². The maximum Gasteiger partial charge on any atom is 1.00 e. The standard InChI is InChI=1S/C24H21ClFNO3S.Na/c1-16-3-2-4-20(25)24(16)31-15-19-9-11-22(21(27-19)10-12-23(28)29)30-14-13-17-5-7-18(26)8-6-17;/h2-12H,13-15H2,1H3,(H,28,29);/q;+1/p-1/b12-10+;. The zero-order valence-electron chi connectivity index (χ0n) is 17.8. The fourth-order valence-corrected chi connectivity index (χ4v) is 4.19. The first-order valence-corrected chi connectivity index (χ1v) is 10.9. The van der Waals surface area contributed by atoms with Gasteiger partial charge in [-0.2, -0.15) is 0 Å². The molecule has 0 aliphatic carbocycles. The molecule has 3 rings (SSSR count). The van der Waals surface area contributed by atoms with Gasteiger partial charge >= 0.3 is 29.6 Å². The molecule has 0 atom stereocenters. The van der Waals surface area contributed by atoms with Crippen LogP contribution in [0.5, 0.6) is 5.75 Å². The molecule has 0 bridgehead atoms. The number of thioether (sulfide) groups is 1. The van der Waals surface area contributed by atoms with Crippen molar-refractivity contribution >= 4 is 35.4 Å². The minimum Gasteiger partial charge on any atom is -0.545 e. The molecule has 8 heteroatoms. The van der Waals surface area contributed by atoms with Gasteiger partial charge in [0, 0.05) is 17.1 Å². The number of aromatic nitrogens is 1. The second-order valence-corrected chi connectivity index (χ2v) is 8.13. The monoisotopic (exact) mass is 479 g/mol. The first-order valence-electron chi connectivity index (χ1n) is 9.56. The van der Waals surface area contributed by atoms with Crippen LogP contribution in [0.15, 0.2) is 65.6 Å². The van der Waals surface area contributed by atoms with Crippen molar-refractivity contribution in [3.05, 3.63) is 94.0 Å². The van der Waals surface area contributed by atoms with Crippen LogP contribution in [-0.2, 0) is 17.0 Å². The molecule has 0 radical (unpaired) electrons. The number of benzene rings is 2. The van der Waals surface area contributed by atoms with E-state index in [1.165, 1.54) is 18.2 Å². The molecule has 1 aromatic heterocycles. The maximum absolute atomic E-state index is 13.0. The van der Waals surface area contributed by atoms with Crippen LogP contribution < -0.4 is 39.4 Å². The van der Waals surface area contributed by atoms with Gasteiger partial charge in [0.05, 0.1) is 23.3 Å². The molecule has 0 aliphatic rings. The summed E-state index contributed by atoms with van der Waals surface area (Å²) in [7, 11) is 0. The Balaban J connectivity index is 0.00000363. The quantitative estimate of drug-likeness (QED) is 0.266. The molecule has 0 unspecified atom stereocenters. The van der Waals surface area contributed by atoms with Crippen LogP contribution in [0.1, 0.15) is 22.5 Å². The number of aliphatic carboxylic acids is 1. The summed E-state index contributed by atoms with van der Waals surface area (Å²) in [6.07, 6.45) is 2.86. The summed E-state index contributed by atoms with van der Waals surface area (Å²) in [5.41, 5.74) is 3.17. The van der Waals surface area contributed by atoms with E-state index in [2.05, 4.69) is 4.98 Å². The number of halogens is 2. The van der Waals surface area contributed by atoms with Gasteiger partial charge in [0.1, 0.15) is 17.3 Å². The van der Waals surface area contributed by atoms with Crippen molar-refractivity contribution in [2.75, 3.05) is 6.61 Å². The largest absolute Gasteiger partial charge is 1.00 e.